The first-order valence-corrected chi connectivity index (χ1v) is 9.74. The first kappa shape index (κ1) is 17.5. The molecular formula is C23H31N3. The Morgan fingerprint density at radius 1 is 0.885 bits per heavy atom. The SMILES string of the molecule is CC(C)(C)C1C(c2ccccc2)C2c3ncccc3NC2N1C(C)(C)C. The molecule has 2 aliphatic heterocycles. The molecule has 1 aromatic carbocycles. The molecule has 0 amide bonds. The third-order valence-corrected chi connectivity index (χ3v) is 5.97. The van der Waals surface area contributed by atoms with E-state index in [0.29, 0.717) is 17.9 Å². The average molecular weight is 350 g/mol. The summed E-state index contributed by atoms with van der Waals surface area (Å²) < 4.78 is 0. The van der Waals surface area contributed by atoms with Crippen LogP contribution in [0.3, 0.4) is 0 Å². The van der Waals surface area contributed by atoms with Gasteiger partial charge in [-0.15, -0.1) is 0 Å². The van der Waals surface area contributed by atoms with Gasteiger partial charge in [0.15, 0.2) is 0 Å². The number of aromatic nitrogens is 1. The molecule has 2 aliphatic rings. The average Bonchev–Trinajstić information content (AvgIpc) is 3.08. The molecule has 0 radical (unpaired) electrons. The number of rotatable bonds is 1. The normalized spacial score (nSPS) is 28.5. The Kier molecular flexibility index (Phi) is 3.92. The number of hydrogen-bond donors (Lipinski definition) is 1. The van der Waals surface area contributed by atoms with Crippen LogP contribution >= 0.6 is 0 Å². The molecule has 2 aromatic rings. The fraction of sp³-hybridized carbons (Fsp3) is 0.522. The standard InChI is InChI=1S/C23H31N3/c1-22(2,3)20-17(15-11-8-7-9-12-15)18-19-16(13-10-14-24-19)25-21(18)26(20)23(4,5)6/h7-14,17-18,20-21,25H,1-6H3. The Morgan fingerprint density at radius 3 is 2.19 bits per heavy atom. The quantitative estimate of drug-likeness (QED) is 0.764. The van der Waals surface area contributed by atoms with Gasteiger partial charge in [-0.2, -0.15) is 0 Å². The number of hydrogen-bond acceptors (Lipinski definition) is 3. The van der Waals surface area contributed by atoms with E-state index in [0.717, 1.165) is 0 Å². The molecule has 138 valence electrons. The molecule has 1 fully saturated rings. The smallest absolute Gasteiger partial charge is 0.0893 e. The third kappa shape index (κ3) is 2.64. The van der Waals surface area contributed by atoms with Crippen LogP contribution in [-0.2, 0) is 0 Å². The van der Waals surface area contributed by atoms with Crippen LogP contribution < -0.4 is 5.32 Å². The van der Waals surface area contributed by atoms with E-state index in [-0.39, 0.29) is 17.1 Å². The number of benzene rings is 1. The number of nitrogens with one attached hydrogen (secondary N) is 1. The summed E-state index contributed by atoms with van der Waals surface area (Å²) in [6.45, 7) is 14.2. The van der Waals surface area contributed by atoms with Gasteiger partial charge in [0.2, 0.25) is 0 Å². The summed E-state index contributed by atoms with van der Waals surface area (Å²) in [6, 6.07) is 15.7. The van der Waals surface area contributed by atoms with Crippen LogP contribution in [0.1, 0.15) is 64.6 Å². The topological polar surface area (TPSA) is 28.2 Å². The molecule has 0 aliphatic carbocycles. The second-order valence-electron chi connectivity index (χ2n) is 9.88. The lowest BCUT2D eigenvalue weighted by Gasteiger charge is -2.47. The van der Waals surface area contributed by atoms with Crippen LogP contribution in [0.4, 0.5) is 5.69 Å². The van der Waals surface area contributed by atoms with Gasteiger partial charge in [-0.25, -0.2) is 0 Å². The molecule has 0 saturated carbocycles. The number of nitrogens with zero attached hydrogens (tertiary/aromatic N) is 2. The van der Waals surface area contributed by atoms with Gasteiger partial charge in [0, 0.05) is 29.6 Å². The van der Waals surface area contributed by atoms with Gasteiger partial charge in [-0.3, -0.25) is 9.88 Å². The highest BCUT2D eigenvalue weighted by Gasteiger charge is 2.59. The molecule has 4 rings (SSSR count). The molecule has 1 aromatic heterocycles. The van der Waals surface area contributed by atoms with Crippen LogP contribution in [0.5, 0.6) is 0 Å². The monoisotopic (exact) mass is 349 g/mol. The number of fused-ring (bicyclic) bond motifs is 3. The van der Waals surface area contributed by atoms with Gasteiger partial charge < -0.3 is 5.32 Å². The first-order valence-electron chi connectivity index (χ1n) is 9.74. The first-order chi connectivity index (χ1) is 12.2. The van der Waals surface area contributed by atoms with Crippen molar-refractivity contribution in [1.82, 2.24) is 9.88 Å². The Morgan fingerprint density at radius 2 is 1.58 bits per heavy atom. The molecule has 0 bridgehead atoms. The molecule has 3 heterocycles. The van der Waals surface area contributed by atoms with E-state index in [4.69, 9.17) is 4.98 Å². The third-order valence-electron chi connectivity index (χ3n) is 5.97. The minimum Gasteiger partial charge on any atom is -0.367 e. The minimum absolute atomic E-state index is 0.0689. The highest BCUT2D eigenvalue weighted by molar-refractivity contribution is 5.59. The molecule has 1 saturated heterocycles. The summed E-state index contributed by atoms with van der Waals surface area (Å²) in [5.41, 5.74) is 4.08. The van der Waals surface area contributed by atoms with E-state index in [1.807, 2.05) is 12.3 Å². The van der Waals surface area contributed by atoms with E-state index >= 15 is 0 Å². The van der Waals surface area contributed by atoms with Crippen molar-refractivity contribution < 1.29 is 0 Å². The van der Waals surface area contributed by atoms with Gasteiger partial charge in [-0.05, 0) is 43.9 Å². The Balaban J connectivity index is 1.93. The maximum atomic E-state index is 4.82. The fourth-order valence-corrected chi connectivity index (χ4v) is 5.21. The maximum absolute atomic E-state index is 4.82. The highest BCUT2D eigenvalue weighted by atomic mass is 15.4. The lowest BCUT2D eigenvalue weighted by molar-refractivity contribution is 0.0283. The molecule has 3 heteroatoms. The molecule has 4 atom stereocenters. The van der Waals surface area contributed by atoms with Crippen molar-refractivity contribution in [1.29, 1.82) is 0 Å². The van der Waals surface area contributed by atoms with Crippen LogP contribution in [-0.4, -0.2) is 27.6 Å². The highest BCUT2D eigenvalue weighted by Crippen LogP contribution is 2.58. The predicted octanol–water partition coefficient (Wildman–Crippen LogP) is 5.23. The molecule has 26 heavy (non-hydrogen) atoms. The maximum Gasteiger partial charge on any atom is 0.0893 e. The van der Waals surface area contributed by atoms with E-state index < -0.39 is 0 Å². The molecular weight excluding hydrogens is 318 g/mol. The number of pyridine rings is 1. The van der Waals surface area contributed by atoms with Gasteiger partial charge in [0.25, 0.3) is 0 Å². The van der Waals surface area contributed by atoms with E-state index in [9.17, 15) is 0 Å². The zero-order chi connectivity index (χ0) is 18.7. The summed E-state index contributed by atoms with van der Waals surface area (Å²) in [4.78, 5) is 7.54. The number of anilines is 1. The summed E-state index contributed by atoms with van der Waals surface area (Å²) in [6.07, 6.45) is 2.23. The Hall–Kier alpha value is -1.87. The lowest BCUT2D eigenvalue weighted by atomic mass is 9.72. The Bertz CT molecular complexity index is 785. The van der Waals surface area contributed by atoms with Gasteiger partial charge in [0.05, 0.1) is 17.5 Å². The van der Waals surface area contributed by atoms with Crippen molar-refractivity contribution >= 4 is 5.69 Å². The van der Waals surface area contributed by atoms with Crippen molar-refractivity contribution in [3.05, 3.63) is 59.9 Å². The van der Waals surface area contributed by atoms with Gasteiger partial charge in [0.1, 0.15) is 0 Å². The van der Waals surface area contributed by atoms with Crippen LogP contribution in [0.15, 0.2) is 48.7 Å². The molecule has 1 N–H and O–H groups in total. The predicted molar refractivity (Wildman–Crippen MR) is 108 cm³/mol. The van der Waals surface area contributed by atoms with Gasteiger partial charge in [-0.1, -0.05) is 51.1 Å². The summed E-state index contributed by atoms with van der Waals surface area (Å²) in [7, 11) is 0. The Labute approximate surface area is 157 Å². The van der Waals surface area contributed by atoms with Crippen molar-refractivity contribution in [3.63, 3.8) is 0 Å². The van der Waals surface area contributed by atoms with Crippen molar-refractivity contribution in [2.24, 2.45) is 5.41 Å². The second kappa shape index (κ2) is 5.82. The van der Waals surface area contributed by atoms with Crippen LogP contribution in [0, 0.1) is 5.41 Å². The van der Waals surface area contributed by atoms with Crippen molar-refractivity contribution in [2.45, 2.75) is 71.1 Å². The minimum atomic E-state index is 0.0689. The fourth-order valence-electron chi connectivity index (χ4n) is 5.21. The van der Waals surface area contributed by atoms with Gasteiger partial charge >= 0.3 is 0 Å². The van der Waals surface area contributed by atoms with Crippen molar-refractivity contribution in [3.8, 4) is 0 Å². The molecule has 0 spiro atoms. The van der Waals surface area contributed by atoms with Crippen LogP contribution in [0.25, 0.3) is 0 Å². The summed E-state index contributed by atoms with van der Waals surface area (Å²) >= 11 is 0. The summed E-state index contributed by atoms with van der Waals surface area (Å²) in [5.74, 6) is 0.793. The van der Waals surface area contributed by atoms with Crippen molar-refractivity contribution in [2.75, 3.05) is 5.32 Å². The zero-order valence-electron chi connectivity index (χ0n) is 16.8. The number of likely N-dealkylation sites (tertiary alicyclic amines) is 1. The molecule has 3 nitrogen and oxygen atoms in total. The lowest BCUT2D eigenvalue weighted by Crippen LogP contribution is -2.55. The van der Waals surface area contributed by atoms with Crippen LogP contribution in [0.2, 0.25) is 0 Å². The van der Waals surface area contributed by atoms with E-state index in [1.54, 1.807) is 0 Å². The molecule has 4 unspecified atom stereocenters. The largest absolute Gasteiger partial charge is 0.367 e. The summed E-state index contributed by atoms with van der Waals surface area (Å²) in [5, 5.41) is 3.82. The zero-order valence-corrected chi connectivity index (χ0v) is 16.8. The second-order valence-corrected chi connectivity index (χ2v) is 9.88. The van der Waals surface area contributed by atoms with E-state index in [1.165, 1.54) is 16.9 Å². The van der Waals surface area contributed by atoms with E-state index in [2.05, 4.69) is 88.2 Å².